The first-order valence-electron chi connectivity index (χ1n) is 7.44. The van der Waals surface area contributed by atoms with E-state index in [-0.39, 0.29) is 6.10 Å². The molecule has 2 aliphatic heterocycles. The first-order valence-corrected chi connectivity index (χ1v) is 7.44. The summed E-state index contributed by atoms with van der Waals surface area (Å²) in [4.78, 5) is 0. The lowest BCUT2D eigenvalue weighted by Crippen LogP contribution is -2.40. The van der Waals surface area contributed by atoms with Crippen molar-refractivity contribution in [3.05, 3.63) is 0 Å². The van der Waals surface area contributed by atoms with Crippen molar-refractivity contribution in [3.8, 4) is 0 Å². The van der Waals surface area contributed by atoms with Crippen LogP contribution in [-0.4, -0.2) is 62.9 Å². The predicted molar refractivity (Wildman–Crippen MR) is 72.2 cm³/mol. The molecule has 2 fully saturated rings. The fraction of sp³-hybridized carbons (Fsp3) is 1.00. The largest absolute Gasteiger partial charge is 0.389 e. The summed E-state index contributed by atoms with van der Waals surface area (Å²) in [5.41, 5.74) is 0. The van der Waals surface area contributed by atoms with Crippen LogP contribution in [0.5, 0.6) is 0 Å². The molecule has 0 aromatic heterocycles. The predicted octanol–water partition coefficient (Wildman–Crippen LogP) is 0.558. The zero-order valence-electron chi connectivity index (χ0n) is 11.8. The van der Waals surface area contributed by atoms with Gasteiger partial charge in [-0.1, -0.05) is 0 Å². The van der Waals surface area contributed by atoms with E-state index in [1.54, 1.807) is 0 Å². The molecule has 0 amide bonds. The molecule has 2 heterocycles. The van der Waals surface area contributed by atoms with Gasteiger partial charge in [0.15, 0.2) is 0 Å². The van der Waals surface area contributed by atoms with Crippen molar-refractivity contribution in [2.24, 2.45) is 5.92 Å². The van der Waals surface area contributed by atoms with E-state index in [4.69, 9.17) is 14.2 Å². The molecule has 112 valence electrons. The molecule has 0 spiro atoms. The van der Waals surface area contributed by atoms with Gasteiger partial charge in [0.25, 0.3) is 0 Å². The van der Waals surface area contributed by atoms with Crippen LogP contribution in [0.25, 0.3) is 0 Å². The first kappa shape index (κ1) is 15.2. The molecule has 0 aromatic rings. The molecule has 2 saturated heterocycles. The maximum absolute atomic E-state index is 9.86. The molecule has 2 rings (SSSR count). The fourth-order valence-electron chi connectivity index (χ4n) is 2.61. The number of nitrogens with one attached hydrogen (secondary N) is 1. The van der Waals surface area contributed by atoms with Gasteiger partial charge < -0.3 is 24.6 Å². The summed E-state index contributed by atoms with van der Waals surface area (Å²) >= 11 is 0. The van der Waals surface area contributed by atoms with Crippen LogP contribution in [-0.2, 0) is 14.2 Å². The summed E-state index contributed by atoms with van der Waals surface area (Å²) in [6, 6.07) is 0.385. The third-order valence-corrected chi connectivity index (χ3v) is 3.99. The molecular weight excluding hydrogens is 246 g/mol. The van der Waals surface area contributed by atoms with E-state index in [2.05, 4.69) is 12.2 Å². The third-order valence-electron chi connectivity index (χ3n) is 3.99. The molecule has 2 aliphatic rings. The van der Waals surface area contributed by atoms with E-state index in [1.807, 2.05) is 0 Å². The lowest BCUT2D eigenvalue weighted by molar-refractivity contribution is -0.0172. The van der Waals surface area contributed by atoms with Gasteiger partial charge in [0, 0.05) is 25.8 Å². The van der Waals surface area contributed by atoms with Gasteiger partial charge in [-0.3, -0.25) is 0 Å². The second-order valence-corrected chi connectivity index (χ2v) is 5.65. The number of aliphatic hydroxyl groups excluding tert-OH is 1. The summed E-state index contributed by atoms with van der Waals surface area (Å²) < 4.78 is 16.3. The van der Waals surface area contributed by atoms with Crippen molar-refractivity contribution in [1.82, 2.24) is 5.32 Å². The van der Waals surface area contributed by atoms with Crippen molar-refractivity contribution in [1.29, 1.82) is 0 Å². The molecule has 4 atom stereocenters. The van der Waals surface area contributed by atoms with Crippen molar-refractivity contribution in [2.45, 2.75) is 44.4 Å². The summed E-state index contributed by atoms with van der Waals surface area (Å²) in [5.74, 6) is 0.569. The number of aliphatic hydroxyl groups is 1. The Morgan fingerprint density at radius 3 is 2.95 bits per heavy atom. The van der Waals surface area contributed by atoms with Crippen LogP contribution in [0.4, 0.5) is 0 Å². The van der Waals surface area contributed by atoms with E-state index in [9.17, 15) is 5.11 Å². The minimum absolute atomic E-state index is 0.231. The average Bonchev–Trinajstić information content (AvgIpc) is 3.08. The monoisotopic (exact) mass is 273 g/mol. The zero-order chi connectivity index (χ0) is 13.5. The standard InChI is InChI=1S/C14H27NO4/c1-11(12-4-6-17-8-12)15-7-13(16)9-18-10-14-3-2-5-19-14/h11-16H,2-10H2,1H3. The van der Waals surface area contributed by atoms with E-state index in [0.29, 0.717) is 31.7 Å². The highest BCUT2D eigenvalue weighted by Gasteiger charge is 2.22. The molecule has 0 saturated carbocycles. The normalized spacial score (nSPS) is 30.6. The molecule has 19 heavy (non-hydrogen) atoms. The van der Waals surface area contributed by atoms with Crippen molar-refractivity contribution < 1.29 is 19.3 Å². The minimum atomic E-state index is -0.453. The van der Waals surface area contributed by atoms with E-state index in [1.165, 1.54) is 0 Å². The summed E-state index contributed by atoms with van der Waals surface area (Å²) in [6.07, 6.45) is 3.09. The molecular formula is C14H27NO4. The maximum atomic E-state index is 9.86. The summed E-state index contributed by atoms with van der Waals surface area (Å²) in [7, 11) is 0. The Labute approximate surface area is 115 Å². The van der Waals surface area contributed by atoms with Crippen molar-refractivity contribution in [3.63, 3.8) is 0 Å². The molecule has 0 aliphatic carbocycles. The molecule has 0 radical (unpaired) electrons. The lowest BCUT2D eigenvalue weighted by atomic mass is 10.0. The van der Waals surface area contributed by atoms with Crippen LogP contribution in [0.15, 0.2) is 0 Å². The van der Waals surface area contributed by atoms with E-state index in [0.717, 1.165) is 39.1 Å². The number of rotatable bonds is 8. The fourth-order valence-corrected chi connectivity index (χ4v) is 2.61. The highest BCUT2D eigenvalue weighted by molar-refractivity contribution is 4.76. The molecule has 2 N–H and O–H groups in total. The molecule has 0 bridgehead atoms. The molecule has 5 nitrogen and oxygen atoms in total. The van der Waals surface area contributed by atoms with Crippen LogP contribution in [0.2, 0.25) is 0 Å². The summed E-state index contributed by atoms with van der Waals surface area (Å²) in [5, 5.41) is 13.2. The second kappa shape index (κ2) is 8.17. The Kier molecular flexibility index (Phi) is 6.53. The van der Waals surface area contributed by atoms with E-state index < -0.39 is 6.10 Å². The Morgan fingerprint density at radius 2 is 2.26 bits per heavy atom. The minimum Gasteiger partial charge on any atom is -0.389 e. The third kappa shape index (κ3) is 5.36. The number of hydrogen-bond acceptors (Lipinski definition) is 5. The van der Waals surface area contributed by atoms with Gasteiger partial charge in [-0.2, -0.15) is 0 Å². The van der Waals surface area contributed by atoms with Gasteiger partial charge in [0.1, 0.15) is 0 Å². The second-order valence-electron chi connectivity index (χ2n) is 5.65. The van der Waals surface area contributed by atoms with Crippen LogP contribution in [0.3, 0.4) is 0 Å². The Hall–Kier alpha value is -0.200. The SMILES string of the molecule is CC(NCC(O)COCC1CCCO1)C1CCOC1. The smallest absolute Gasteiger partial charge is 0.0897 e. The van der Waals surface area contributed by atoms with Gasteiger partial charge in [0.2, 0.25) is 0 Å². The van der Waals surface area contributed by atoms with Gasteiger partial charge in [-0.15, -0.1) is 0 Å². The van der Waals surface area contributed by atoms with Crippen LogP contribution >= 0.6 is 0 Å². The lowest BCUT2D eigenvalue weighted by Gasteiger charge is -2.21. The van der Waals surface area contributed by atoms with Gasteiger partial charge in [-0.05, 0) is 32.1 Å². The molecule has 0 aromatic carbocycles. The van der Waals surface area contributed by atoms with Crippen LogP contribution < -0.4 is 5.32 Å². The zero-order valence-corrected chi connectivity index (χ0v) is 11.8. The Morgan fingerprint density at radius 1 is 1.37 bits per heavy atom. The molecule has 4 unspecified atom stereocenters. The van der Waals surface area contributed by atoms with Crippen molar-refractivity contribution >= 4 is 0 Å². The highest BCUT2D eigenvalue weighted by atomic mass is 16.5. The van der Waals surface area contributed by atoms with E-state index >= 15 is 0 Å². The van der Waals surface area contributed by atoms with Crippen LogP contribution in [0, 0.1) is 5.92 Å². The quantitative estimate of drug-likeness (QED) is 0.676. The average molecular weight is 273 g/mol. The Balaban J connectivity index is 1.49. The topological polar surface area (TPSA) is 60.0 Å². The van der Waals surface area contributed by atoms with Gasteiger partial charge >= 0.3 is 0 Å². The number of hydrogen-bond donors (Lipinski definition) is 2. The Bertz CT molecular complexity index is 240. The van der Waals surface area contributed by atoms with Crippen LogP contribution in [0.1, 0.15) is 26.2 Å². The highest BCUT2D eigenvalue weighted by Crippen LogP contribution is 2.16. The molecule has 5 heteroatoms. The van der Waals surface area contributed by atoms with Crippen molar-refractivity contribution in [2.75, 3.05) is 39.6 Å². The first-order chi connectivity index (χ1) is 9.25. The summed E-state index contributed by atoms with van der Waals surface area (Å²) in [6.45, 7) is 6.24. The van der Waals surface area contributed by atoms with Gasteiger partial charge in [0.05, 0.1) is 32.0 Å². The maximum Gasteiger partial charge on any atom is 0.0897 e. The number of ether oxygens (including phenoxy) is 3. The van der Waals surface area contributed by atoms with Gasteiger partial charge in [-0.25, -0.2) is 0 Å².